The highest BCUT2D eigenvalue weighted by molar-refractivity contribution is 14.1. The molecule has 1 aliphatic heterocycles. The molecule has 1 heterocycles. The lowest BCUT2D eigenvalue weighted by Gasteiger charge is -2.14. The van der Waals surface area contributed by atoms with Crippen molar-refractivity contribution in [3.63, 3.8) is 0 Å². The van der Waals surface area contributed by atoms with Crippen LogP contribution in [-0.4, -0.2) is 19.0 Å². The van der Waals surface area contributed by atoms with Crippen LogP contribution < -0.4 is 9.47 Å². The molecular weight excluding hydrogens is 747 g/mol. The van der Waals surface area contributed by atoms with Gasteiger partial charge in [0, 0.05) is 12.7 Å². The van der Waals surface area contributed by atoms with E-state index in [1.807, 2.05) is 54.6 Å². The zero-order valence-electron chi connectivity index (χ0n) is 16.8. The highest BCUT2D eigenvalue weighted by atomic mass is 127. The molecule has 0 atom stereocenters. The first-order valence-electron chi connectivity index (χ1n) is 9.46. The fraction of sp³-hybridized carbons (Fsp3) is 0.0833. The van der Waals surface area contributed by atoms with Crippen molar-refractivity contribution in [2.75, 3.05) is 7.11 Å². The smallest absolute Gasteiger partial charge is 0.363 e. The van der Waals surface area contributed by atoms with Gasteiger partial charge in [0.1, 0.15) is 6.61 Å². The summed E-state index contributed by atoms with van der Waals surface area (Å²) < 4.78 is 20.1. The van der Waals surface area contributed by atoms with Crippen LogP contribution in [0.2, 0.25) is 0 Å². The fourth-order valence-corrected chi connectivity index (χ4v) is 4.78. The minimum absolute atomic E-state index is 0.240. The van der Waals surface area contributed by atoms with Crippen molar-refractivity contribution < 1.29 is 19.0 Å². The van der Waals surface area contributed by atoms with Gasteiger partial charge in [-0.15, -0.1) is 0 Å². The highest BCUT2D eigenvalue weighted by Gasteiger charge is 2.24. The number of hydrogen-bond acceptors (Lipinski definition) is 5. The van der Waals surface area contributed by atoms with Gasteiger partial charge in [0.05, 0.1) is 10.7 Å². The Morgan fingerprint density at radius 3 is 2.50 bits per heavy atom. The Balaban J connectivity index is 1.59. The van der Waals surface area contributed by atoms with E-state index >= 15 is 0 Å². The largest absolute Gasteiger partial charge is 0.493 e. The predicted octanol–water partition coefficient (Wildman–Crippen LogP) is 6.43. The standard InChI is InChI=1S/C24H16I3NO4/c1-30-21-12-15(10-19(27)22(21)31-13-14-3-2-4-18(26)9-14)11-20-24(29)32-23(28-20)16-5-7-17(25)8-6-16/h2-12H,13H2,1H3/b20-11-. The van der Waals surface area contributed by atoms with Crippen molar-refractivity contribution in [3.05, 3.63) is 93.8 Å². The molecule has 162 valence electrons. The van der Waals surface area contributed by atoms with E-state index < -0.39 is 5.97 Å². The molecule has 0 saturated heterocycles. The number of benzene rings is 3. The molecule has 3 aromatic rings. The molecule has 1 aliphatic rings. The van der Waals surface area contributed by atoms with E-state index in [2.05, 4.69) is 78.8 Å². The number of methoxy groups -OCH3 is 1. The van der Waals surface area contributed by atoms with Gasteiger partial charge in [-0.3, -0.25) is 0 Å². The van der Waals surface area contributed by atoms with E-state index in [0.29, 0.717) is 24.0 Å². The number of cyclic esters (lactones) is 1. The Hall–Kier alpha value is -1.67. The van der Waals surface area contributed by atoms with Crippen LogP contribution in [0.3, 0.4) is 0 Å². The van der Waals surface area contributed by atoms with E-state index in [1.165, 1.54) is 0 Å². The molecule has 3 aromatic carbocycles. The number of carbonyl (C=O) groups is 1. The molecule has 8 heteroatoms. The van der Waals surface area contributed by atoms with Crippen molar-refractivity contribution in [1.29, 1.82) is 0 Å². The molecule has 0 radical (unpaired) electrons. The maximum absolute atomic E-state index is 12.4. The summed E-state index contributed by atoms with van der Waals surface area (Å²) in [7, 11) is 1.59. The Morgan fingerprint density at radius 1 is 1.00 bits per heavy atom. The average Bonchev–Trinajstić information content (AvgIpc) is 3.13. The zero-order chi connectivity index (χ0) is 22.7. The van der Waals surface area contributed by atoms with E-state index in [9.17, 15) is 4.79 Å². The second kappa shape index (κ2) is 10.5. The normalized spacial score (nSPS) is 14.3. The third kappa shape index (κ3) is 5.63. The Morgan fingerprint density at radius 2 is 1.78 bits per heavy atom. The lowest BCUT2D eigenvalue weighted by molar-refractivity contribution is -0.129. The number of carbonyl (C=O) groups excluding carboxylic acids is 1. The van der Waals surface area contributed by atoms with E-state index in [-0.39, 0.29) is 5.70 Å². The SMILES string of the molecule is COc1cc(/C=C2\N=C(c3ccc(I)cc3)OC2=O)cc(I)c1OCc1cccc(I)c1. The first-order valence-corrected chi connectivity index (χ1v) is 12.7. The summed E-state index contributed by atoms with van der Waals surface area (Å²) in [5.74, 6) is 1.07. The fourth-order valence-electron chi connectivity index (χ4n) is 3.03. The molecule has 4 rings (SSSR count). The quantitative estimate of drug-likeness (QED) is 0.165. The number of halogens is 3. The molecule has 5 nitrogen and oxygen atoms in total. The van der Waals surface area contributed by atoms with Crippen LogP contribution >= 0.6 is 67.8 Å². The molecule has 0 N–H and O–H groups in total. The van der Waals surface area contributed by atoms with Gasteiger partial charge in [0.25, 0.3) is 0 Å². The molecule has 0 spiro atoms. The molecule has 0 aromatic heterocycles. The van der Waals surface area contributed by atoms with E-state index in [4.69, 9.17) is 14.2 Å². The van der Waals surface area contributed by atoms with Gasteiger partial charge < -0.3 is 14.2 Å². The van der Waals surface area contributed by atoms with Gasteiger partial charge in [-0.2, -0.15) is 0 Å². The molecule has 0 bridgehead atoms. The van der Waals surface area contributed by atoms with Crippen LogP contribution in [0.1, 0.15) is 16.7 Å². The number of rotatable bonds is 6. The lowest BCUT2D eigenvalue weighted by atomic mass is 10.1. The van der Waals surface area contributed by atoms with Crippen LogP contribution in [0.25, 0.3) is 6.08 Å². The van der Waals surface area contributed by atoms with Crippen LogP contribution in [0, 0.1) is 10.7 Å². The minimum Gasteiger partial charge on any atom is -0.493 e. The summed E-state index contributed by atoms with van der Waals surface area (Å²) in [5, 5.41) is 0. The second-order valence-electron chi connectivity index (χ2n) is 6.80. The van der Waals surface area contributed by atoms with Gasteiger partial charge >= 0.3 is 5.97 Å². The summed E-state index contributed by atoms with van der Waals surface area (Å²) in [6.07, 6.45) is 1.69. The minimum atomic E-state index is -0.480. The van der Waals surface area contributed by atoms with Crippen molar-refractivity contribution in [2.24, 2.45) is 4.99 Å². The van der Waals surface area contributed by atoms with Crippen LogP contribution in [-0.2, 0) is 16.1 Å². The average molecular weight is 763 g/mol. The molecule has 0 unspecified atom stereocenters. The first kappa shape index (κ1) is 23.5. The van der Waals surface area contributed by atoms with Gasteiger partial charge in [0.2, 0.25) is 5.90 Å². The topological polar surface area (TPSA) is 57.1 Å². The molecular formula is C24H16I3NO4. The molecule has 32 heavy (non-hydrogen) atoms. The van der Waals surface area contributed by atoms with E-state index in [1.54, 1.807) is 13.2 Å². The molecule has 0 saturated carbocycles. The third-order valence-electron chi connectivity index (χ3n) is 4.54. The predicted molar refractivity (Wildman–Crippen MR) is 149 cm³/mol. The van der Waals surface area contributed by atoms with Crippen molar-refractivity contribution in [2.45, 2.75) is 6.61 Å². The van der Waals surface area contributed by atoms with Gasteiger partial charge in [-0.25, -0.2) is 9.79 Å². The summed E-state index contributed by atoms with van der Waals surface area (Å²) in [4.78, 5) is 16.7. The number of nitrogens with zero attached hydrogens (tertiary/aromatic N) is 1. The summed E-state index contributed by atoms with van der Waals surface area (Å²) in [6, 6.07) is 19.5. The Kier molecular flexibility index (Phi) is 7.71. The maximum Gasteiger partial charge on any atom is 0.363 e. The Bertz CT molecular complexity index is 1240. The second-order valence-corrected chi connectivity index (χ2v) is 10.4. The number of esters is 1. The molecule has 0 aliphatic carbocycles. The number of hydrogen-bond donors (Lipinski definition) is 0. The highest BCUT2D eigenvalue weighted by Crippen LogP contribution is 2.35. The monoisotopic (exact) mass is 763 g/mol. The first-order chi connectivity index (χ1) is 15.4. The van der Waals surface area contributed by atoms with Gasteiger partial charge in [-0.1, -0.05) is 12.1 Å². The van der Waals surface area contributed by atoms with Crippen LogP contribution in [0.5, 0.6) is 11.5 Å². The van der Waals surface area contributed by atoms with Gasteiger partial charge in [-0.05, 0) is 134 Å². The Labute approximate surface area is 226 Å². The van der Waals surface area contributed by atoms with Crippen molar-refractivity contribution in [3.8, 4) is 11.5 Å². The summed E-state index contributed by atoms with van der Waals surface area (Å²) in [6.45, 7) is 0.430. The number of ether oxygens (including phenoxy) is 3. The summed E-state index contributed by atoms with van der Waals surface area (Å²) >= 11 is 6.71. The van der Waals surface area contributed by atoms with Gasteiger partial charge in [0.15, 0.2) is 17.2 Å². The van der Waals surface area contributed by atoms with Crippen molar-refractivity contribution >= 4 is 85.7 Å². The van der Waals surface area contributed by atoms with Crippen LogP contribution in [0.15, 0.2) is 71.4 Å². The number of aliphatic imine (C=N–C) groups is 1. The summed E-state index contributed by atoms with van der Waals surface area (Å²) in [5.41, 5.74) is 2.84. The lowest BCUT2D eigenvalue weighted by Crippen LogP contribution is -2.05. The van der Waals surface area contributed by atoms with E-state index in [0.717, 1.165) is 27.4 Å². The van der Waals surface area contributed by atoms with Crippen LogP contribution in [0.4, 0.5) is 0 Å². The zero-order valence-corrected chi connectivity index (χ0v) is 23.2. The third-order valence-corrected chi connectivity index (χ3v) is 6.73. The maximum atomic E-state index is 12.4. The molecule has 0 amide bonds. The van der Waals surface area contributed by atoms with Crippen molar-refractivity contribution in [1.82, 2.24) is 0 Å². The molecule has 0 fully saturated rings.